The van der Waals surface area contributed by atoms with Gasteiger partial charge in [0.25, 0.3) is 0 Å². The highest BCUT2D eigenvalue weighted by Crippen LogP contribution is 2.13. The third-order valence-corrected chi connectivity index (χ3v) is 12.1. The maximum absolute atomic E-state index is 8.74. The third-order valence-electron chi connectivity index (χ3n) is 1.34. The fourth-order valence-electron chi connectivity index (χ4n) is 0.300. The van der Waals surface area contributed by atoms with Crippen LogP contribution in [0.3, 0.4) is 0 Å². The van der Waals surface area contributed by atoms with E-state index in [4.69, 9.17) is 19.2 Å². The average Bonchev–Trinajstić information content (AvgIpc) is 1.95. The number of rotatable bonds is 4. The molecule has 0 aromatic heterocycles. The van der Waals surface area contributed by atoms with Gasteiger partial charge in [0, 0.05) is 3.91 Å². The number of hydrogen-bond acceptors (Lipinski definition) is 4. The molecular formula is CH12O4Si4. The maximum atomic E-state index is 8.74. The summed E-state index contributed by atoms with van der Waals surface area (Å²) in [6.45, 7) is 0. The predicted molar refractivity (Wildman–Crippen MR) is 45.7 cm³/mol. The van der Waals surface area contributed by atoms with Crippen molar-refractivity contribution in [2.45, 2.75) is 3.91 Å². The molecule has 0 aliphatic heterocycles. The van der Waals surface area contributed by atoms with E-state index in [1.807, 2.05) is 0 Å². The minimum atomic E-state index is -1.34. The molecule has 0 amide bonds. The van der Waals surface area contributed by atoms with Gasteiger partial charge in [0.15, 0.2) is 39.1 Å². The molecule has 0 aliphatic rings. The van der Waals surface area contributed by atoms with Crippen molar-refractivity contribution in [3.8, 4) is 0 Å². The lowest BCUT2D eigenvalue weighted by molar-refractivity contribution is 0.530. The first-order valence-corrected chi connectivity index (χ1v) is 8.04. The summed E-state index contributed by atoms with van der Waals surface area (Å²) in [5, 5.41) is 0. The molecule has 8 heteroatoms. The summed E-state index contributed by atoms with van der Waals surface area (Å²) in [6, 6.07) is 0. The lowest BCUT2D eigenvalue weighted by atomic mass is 11.8. The largest absolute Gasteiger partial charge is 0.438 e. The first-order chi connectivity index (χ1) is 4.24. The van der Waals surface area contributed by atoms with Crippen molar-refractivity contribution in [1.29, 1.82) is 0 Å². The van der Waals surface area contributed by atoms with Crippen LogP contribution in [0.1, 0.15) is 0 Å². The third kappa shape index (κ3) is 2.43. The zero-order valence-corrected chi connectivity index (χ0v) is 10.8. The molecule has 9 heavy (non-hydrogen) atoms. The van der Waals surface area contributed by atoms with Crippen LogP contribution in [0, 0.1) is 0 Å². The molecule has 4 N–H and O–H groups in total. The minimum absolute atomic E-state index is 0.556. The van der Waals surface area contributed by atoms with Gasteiger partial charge in [-0.1, -0.05) is 0 Å². The summed E-state index contributed by atoms with van der Waals surface area (Å²) in [4.78, 5) is 35.0. The standard InChI is InChI=1S/CH12O4Si4/c2-6-1(7-3,8-4)9-5/h2-5H,6-9H2. The molecule has 0 saturated carbocycles. The van der Waals surface area contributed by atoms with Crippen LogP contribution in [0.2, 0.25) is 3.91 Å². The van der Waals surface area contributed by atoms with E-state index in [2.05, 4.69) is 0 Å². The lowest BCUT2D eigenvalue weighted by Gasteiger charge is -2.20. The van der Waals surface area contributed by atoms with Crippen molar-refractivity contribution in [3.05, 3.63) is 0 Å². The van der Waals surface area contributed by atoms with Crippen LogP contribution in [-0.4, -0.2) is 58.2 Å². The van der Waals surface area contributed by atoms with Gasteiger partial charge in [-0.25, -0.2) is 0 Å². The van der Waals surface area contributed by atoms with Gasteiger partial charge in [-0.2, -0.15) is 0 Å². The maximum Gasteiger partial charge on any atom is 0.160 e. The van der Waals surface area contributed by atoms with Crippen molar-refractivity contribution in [2.24, 2.45) is 0 Å². The second kappa shape index (κ2) is 4.51. The van der Waals surface area contributed by atoms with Gasteiger partial charge in [-0.3, -0.25) is 0 Å². The van der Waals surface area contributed by atoms with Gasteiger partial charge in [-0.05, 0) is 0 Å². The van der Waals surface area contributed by atoms with Crippen LogP contribution in [0.4, 0.5) is 0 Å². The molecule has 0 heterocycles. The predicted octanol–water partition coefficient (Wildman–Crippen LogP) is -5.68. The van der Waals surface area contributed by atoms with Crippen molar-refractivity contribution in [1.82, 2.24) is 0 Å². The molecule has 0 rings (SSSR count). The molecule has 0 atom stereocenters. The number of hydrogen-bond donors (Lipinski definition) is 4. The van der Waals surface area contributed by atoms with E-state index in [1.165, 1.54) is 0 Å². The zero-order chi connectivity index (χ0) is 7.33. The molecule has 0 spiro atoms. The Labute approximate surface area is 62.7 Å². The SMILES string of the molecule is O[SiH2]C([SiH2]O)([SiH2]O)[SiH2]O. The molecule has 0 unspecified atom stereocenters. The first-order valence-electron chi connectivity index (χ1n) is 2.68. The molecule has 0 bridgehead atoms. The van der Waals surface area contributed by atoms with Crippen LogP contribution >= 0.6 is 0 Å². The van der Waals surface area contributed by atoms with Crippen LogP contribution in [0.5, 0.6) is 0 Å². The molecular weight excluding hydrogens is 188 g/mol. The average molecular weight is 200 g/mol. The minimum Gasteiger partial charge on any atom is -0.438 e. The normalized spacial score (nSPS) is 22.7. The van der Waals surface area contributed by atoms with E-state index in [9.17, 15) is 0 Å². The van der Waals surface area contributed by atoms with Crippen LogP contribution < -0.4 is 0 Å². The topological polar surface area (TPSA) is 80.9 Å². The summed E-state index contributed by atoms with van der Waals surface area (Å²) >= 11 is 0. The summed E-state index contributed by atoms with van der Waals surface area (Å²) in [7, 11) is -5.38. The monoisotopic (exact) mass is 200 g/mol. The molecule has 0 aliphatic carbocycles. The van der Waals surface area contributed by atoms with E-state index < -0.39 is 43.0 Å². The molecule has 0 fully saturated rings. The highest BCUT2D eigenvalue weighted by atomic mass is 28.4. The van der Waals surface area contributed by atoms with Gasteiger partial charge >= 0.3 is 0 Å². The molecule has 0 aromatic rings. The summed E-state index contributed by atoms with van der Waals surface area (Å²) in [6.07, 6.45) is 0. The highest BCUT2D eigenvalue weighted by Gasteiger charge is 2.29. The molecule has 0 radical (unpaired) electrons. The molecule has 56 valence electrons. The fourth-order valence-corrected chi connectivity index (χ4v) is 2.70. The van der Waals surface area contributed by atoms with Crippen molar-refractivity contribution in [2.75, 3.05) is 0 Å². The van der Waals surface area contributed by atoms with Gasteiger partial charge in [0.1, 0.15) is 0 Å². The quantitative estimate of drug-likeness (QED) is 0.341. The first kappa shape index (κ1) is 9.71. The summed E-state index contributed by atoms with van der Waals surface area (Å²) in [5.41, 5.74) is 0. The Kier molecular flexibility index (Phi) is 4.87. The smallest absolute Gasteiger partial charge is 0.160 e. The Morgan fingerprint density at radius 1 is 0.667 bits per heavy atom. The zero-order valence-electron chi connectivity index (χ0n) is 5.12. The van der Waals surface area contributed by atoms with Gasteiger partial charge in [0.05, 0.1) is 0 Å². The van der Waals surface area contributed by atoms with E-state index >= 15 is 0 Å². The summed E-state index contributed by atoms with van der Waals surface area (Å²) in [5.74, 6) is 0. The Morgan fingerprint density at radius 2 is 0.889 bits per heavy atom. The van der Waals surface area contributed by atoms with Crippen molar-refractivity contribution < 1.29 is 19.2 Å². The second-order valence-corrected chi connectivity index (χ2v) is 15.4. The van der Waals surface area contributed by atoms with Crippen molar-refractivity contribution in [3.63, 3.8) is 0 Å². The van der Waals surface area contributed by atoms with Crippen LogP contribution in [-0.2, 0) is 0 Å². The van der Waals surface area contributed by atoms with Crippen molar-refractivity contribution >= 4 is 39.1 Å². The van der Waals surface area contributed by atoms with Crippen LogP contribution in [0.15, 0.2) is 0 Å². The van der Waals surface area contributed by atoms with E-state index in [0.29, 0.717) is 0 Å². The Hall–Kier alpha value is 0.708. The Bertz CT molecular complexity index is 55.5. The van der Waals surface area contributed by atoms with Gasteiger partial charge in [0.2, 0.25) is 0 Å². The van der Waals surface area contributed by atoms with Gasteiger partial charge < -0.3 is 19.2 Å². The van der Waals surface area contributed by atoms with Gasteiger partial charge in [-0.15, -0.1) is 0 Å². The van der Waals surface area contributed by atoms with E-state index in [0.717, 1.165) is 0 Å². The second-order valence-electron chi connectivity index (χ2n) is 2.13. The van der Waals surface area contributed by atoms with Crippen LogP contribution in [0.25, 0.3) is 0 Å². The Morgan fingerprint density at radius 3 is 0.889 bits per heavy atom. The van der Waals surface area contributed by atoms with E-state index in [1.54, 1.807) is 0 Å². The molecule has 0 aromatic carbocycles. The lowest BCUT2D eigenvalue weighted by Crippen LogP contribution is -2.39. The molecule has 4 nitrogen and oxygen atoms in total. The molecule has 0 saturated heterocycles. The van der Waals surface area contributed by atoms with E-state index in [-0.39, 0.29) is 0 Å². The fraction of sp³-hybridized carbons (Fsp3) is 1.00. The Balaban J connectivity index is 3.82. The highest BCUT2D eigenvalue weighted by molar-refractivity contribution is 6.88. The summed E-state index contributed by atoms with van der Waals surface area (Å²) < 4.78 is -0.556.